The second-order valence-corrected chi connectivity index (χ2v) is 5.14. The Balaban J connectivity index is 2.41. The summed E-state index contributed by atoms with van der Waals surface area (Å²) in [4.78, 5) is 12.0. The summed E-state index contributed by atoms with van der Waals surface area (Å²) in [6, 6.07) is -0.167. The van der Waals surface area contributed by atoms with Gasteiger partial charge in [-0.25, -0.2) is 0 Å². The van der Waals surface area contributed by atoms with Crippen LogP contribution >= 0.6 is 0 Å². The molecular weight excluding hydrogens is 232 g/mol. The van der Waals surface area contributed by atoms with Crippen LogP contribution in [0.25, 0.3) is 0 Å². The third-order valence-corrected chi connectivity index (χ3v) is 4.21. The van der Waals surface area contributed by atoms with Gasteiger partial charge in [-0.1, -0.05) is 13.8 Å². The number of amides is 1. The number of hydrogen-bond acceptors (Lipinski definition) is 4. The molecule has 2 unspecified atom stereocenters. The van der Waals surface area contributed by atoms with E-state index >= 15 is 0 Å². The molecule has 1 aliphatic heterocycles. The molecule has 106 valence electrons. The summed E-state index contributed by atoms with van der Waals surface area (Å²) in [7, 11) is 1.66. The molecule has 1 rings (SSSR count). The van der Waals surface area contributed by atoms with Crippen molar-refractivity contribution in [3.8, 4) is 0 Å². The SMILES string of the molecule is CCC(CC)(CO)CNC(=O)C1CC(OC)CN1. The van der Waals surface area contributed by atoms with Gasteiger partial charge in [-0.05, 0) is 19.3 Å². The maximum atomic E-state index is 12.0. The zero-order chi connectivity index (χ0) is 13.6. The van der Waals surface area contributed by atoms with Crippen molar-refractivity contribution in [3.63, 3.8) is 0 Å². The summed E-state index contributed by atoms with van der Waals surface area (Å²) in [5.41, 5.74) is -0.186. The summed E-state index contributed by atoms with van der Waals surface area (Å²) in [6.45, 7) is 5.45. The monoisotopic (exact) mass is 258 g/mol. The third kappa shape index (κ3) is 3.67. The van der Waals surface area contributed by atoms with Gasteiger partial charge < -0.3 is 20.5 Å². The van der Waals surface area contributed by atoms with Crippen molar-refractivity contribution in [1.82, 2.24) is 10.6 Å². The molecule has 1 fully saturated rings. The van der Waals surface area contributed by atoms with Crippen LogP contribution in [0, 0.1) is 5.41 Å². The number of carbonyl (C=O) groups is 1. The first kappa shape index (κ1) is 15.4. The average molecular weight is 258 g/mol. The number of aliphatic hydroxyl groups is 1. The molecule has 3 N–H and O–H groups in total. The molecule has 5 heteroatoms. The van der Waals surface area contributed by atoms with Crippen LogP contribution in [0.2, 0.25) is 0 Å². The predicted octanol–water partition coefficient (Wildman–Crippen LogP) is 0.278. The Morgan fingerprint density at radius 3 is 2.61 bits per heavy atom. The van der Waals surface area contributed by atoms with Gasteiger partial charge in [0.25, 0.3) is 0 Å². The Labute approximate surface area is 109 Å². The van der Waals surface area contributed by atoms with E-state index in [4.69, 9.17) is 4.74 Å². The highest BCUT2D eigenvalue weighted by molar-refractivity contribution is 5.82. The van der Waals surface area contributed by atoms with Crippen LogP contribution in [0.3, 0.4) is 0 Å². The minimum atomic E-state index is -0.186. The third-order valence-electron chi connectivity index (χ3n) is 4.21. The molecule has 1 aliphatic rings. The van der Waals surface area contributed by atoms with Crippen molar-refractivity contribution in [1.29, 1.82) is 0 Å². The quantitative estimate of drug-likeness (QED) is 0.613. The maximum Gasteiger partial charge on any atom is 0.237 e. The number of aliphatic hydroxyl groups excluding tert-OH is 1. The van der Waals surface area contributed by atoms with E-state index in [9.17, 15) is 9.90 Å². The molecule has 0 aromatic rings. The lowest BCUT2D eigenvalue weighted by molar-refractivity contribution is -0.123. The van der Waals surface area contributed by atoms with E-state index in [-0.39, 0.29) is 30.1 Å². The van der Waals surface area contributed by atoms with Gasteiger partial charge in [-0.2, -0.15) is 0 Å². The summed E-state index contributed by atoms with van der Waals surface area (Å²) in [6.07, 6.45) is 2.56. The molecule has 0 bridgehead atoms. The summed E-state index contributed by atoms with van der Waals surface area (Å²) in [5.74, 6) is 0.00859. The highest BCUT2D eigenvalue weighted by Crippen LogP contribution is 2.24. The number of carbonyl (C=O) groups excluding carboxylic acids is 1. The average Bonchev–Trinajstić information content (AvgIpc) is 2.89. The van der Waals surface area contributed by atoms with Gasteiger partial charge in [0.2, 0.25) is 5.91 Å². The van der Waals surface area contributed by atoms with E-state index in [2.05, 4.69) is 10.6 Å². The minimum Gasteiger partial charge on any atom is -0.396 e. The first-order chi connectivity index (χ1) is 8.60. The minimum absolute atomic E-state index is 0.00859. The number of hydrogen-bond donors (Lipinski definition) is 3. The lowest BCUT2D eigenvalue weighted by atomic mass is 9.83. The van der Waals surface area contributed by atoms with Crippen molar-refractivity contribution < 1.29 is 14.6 Å². The van der Waals surface area contributed by atoms with Crippen molar-refractivity contribution in [2.24, 2.45) is 5.41 Å². The lowest BCUT2D eigenvalue weighted by Gasteiger charge is -2.30. The Kier molecular flexibility index (Phi) is 6.05. The summed E-state index contributed by atoms with van der Waals surface area (Å²) >= 11 is 0. The maximum absolute atomic E-state index is 12.0. The fourth-order valence-corrected chi connectivity index (χ4v) is 2.26. The fraction of sp³-hybridized carbons (Fsp3) is 0.923. The second kappa shape index (κ2) is 7.07. The summed E-state index contributed by atoms with van der Waals surface area (Å²) < 4.78 is 5.22. The van der Waals surface area contributed by atoms with Crippen molar-refractivity contribution in [2.45, 2.75) is 45.3 Å². The second-order valence-electron chi connectivity index (χ2n) is 5.14. The van der Waals surface area contributed by atoms with E-state index < -0.39 is 0 Å². The molecule has 0 spiro atoms. The largest absolute Gasteiger partial charge is 0.396 e. The molecule has 18 heavy (non-hydrogen) atoms. The molecule has 1 saturated heterocycles. The van der Waals surface area contributed by atoms with Gasteiger partial charge in [0.1, 0.15) is 0 Å². The topological polar surface area (TPSA) is 70.6 Å². The van der Waals surface area contributed by atoms with Crippen LogP contribution < -0.4 is 10.6 Å². The van der Waals surface area contributed by atoms with E-state index in [0.717, 1.165) is 19.4 Å². The van der Waals surface area contributed by atoms with Gasteiger partial charge in [0.05, 0.1) is 18.8 Å². The number of rotatable bonds is 7. The van der Waals surface area contributed by atoms with Crippen LogP contribution in [-0.4, -0.2) is 50.0 Å². The van der Waals surface area contributed by atoms with Gasteiger partial charge in [-0.15, -0.1) is 0 Å². The van der Waals surface area contributed by atoms with Crippen molar-refractivity contribution >= 4 is 5.91 Å². The molecule has 0 aromatic carbocycles. The first-order valence-corrected chi connectivity index (χ1v) is 6.75. The zero-order valence-corrected chi connectivity index (χ0v) is 11.7. The van der Waals surface area contributed by atoms with Crippen LogP contribution in [-0.2, 0) is 9.53 Å². The van der Waals surface area contributed by atoms with E-state index in [1.807, 2.05) is 13.8 Å². The highest BCUT2D eigenvalue weighted by Gasteiger charge is 2.31. The van der Waals surface area contributed by atoms with Gasteiger partial charge >= 0.3 is 0 Å². The molecule has 1 heterocycles. The van der Waals surface area contributed by atoms with E-state index in [1.165, 1.54) is 0 Å². The Bertz CT molecular complexity index is 259. The smallest absolute Gasteiger partial charge is 0.237 e. The Morgan fingerprint density at radius 1 is 1.50 bits per heavy atom. The first-order valence-electron chi connectivity index (χ1n) is 6.75. The molecule has 0 saturated carbocycles. The number of nitrogens with one attached hydrogen (secondary N) is 2. The van der Waals surface area contributed by atoms with Gasteiger partial charge in [-0.3, -0.25) is 4.79 Å². The van der Waals surface area contributed by atoms with Crippen LogP contribution in [0.4, 0.5) is 0 Å². The van der Waals surface area contributed by atoms with Crippen molar-refractivity contribution in [3.05, 3.63) is 0 Å². The highest BCUT2D eigenvalue weighted by atomic mass is 16.5. The molecule has 1 amide bonds. The molecule has 0 radical (unpaired) electrons. The van der Waals surface area contributed by atoms with Crippen LogP contribution in [0.15, 0.2) is 0 Å². The van der Waals surface area contributed by atoms with Gasteiger partial charge in [0, 0.05) is 25.6 Å². The van der Waals surface area contributed by atoms with Gasteiger partial charge in [0.15, 0.2) is 0 Å². The fourth-order valence-electron chi connectivity index (χ4n) is 2.26. The van der Waals surface area contributed by atoms with Crippen molar-refractivity contribution in [2.75, 3.05) is 26.8 Å². The van der Waals surface area contributed by atoms with Crippen LogP contribution in [0.5, 0.6) is 0 Å². The lowest BCUT2D eigenvalue weighted by Crippen LogP contribution is -2.46. The van der Waals surface area contributed by atoms with Crippen LogP contribution in [0.1, 0.15) is 33.1 Å². The summed E-state index contributed by atoms with van der Waals surface area (Å²) in [5, 5.41) is 15.5. The molecule has 5 nitrogen and oxygen atoms in total. The van der Waals surface area contributed by atoms with E-state index in [0.29, 0.717) is 13.0 Å². The Morgan fingerprint density at radius 2 is 2.17 bits per heavy atom. The number of methoxy groups -OCH3 is 1. The normalized spacial score (nSPS) is 24.2. The molecule has 0 aliphatic carbocycles. The molecular formula is C13H26N2O3. The molecule has 0 aromatic heterocycles. The Hall–Kier alpha value is -0.650. The van der Waals surface area contributed by atoms with E-state index in [1.54, 1.807) is 7.11 Å². The predicted molar refractivity (Wildman–Crippen MR) is 70.3 cm³/mol. The standard InChI is InChI=1S/C13H26N2O3/c1-4-13(5-2,9-16)8-15-12(17)11-6-10(18-3)7-14-11/h10-11,14,16H,4-9H2,1-3H3,(H,15,17). The number of ether oxygens (including phenoxy) is 1. The zero-order valence-electron chi connectivity index (χ0n) is 11.7. The molecule has 2 atom stereocenters.